The maximum absolute atomic E-state index is 13.4. The highest BCUT2D eigenvalue weighted by molar-refractivity contribution is 5.95. The van der Waals surface area contributed by atoms with Gasteiger partial charge in [-0.25, -0.2) is 9.59 Å². The van der Waals surface area contributed by atoms with Crippen molar-refractivity contribution in [3.63, 3.8) is 0 Å². The molecule has 0 saturated heterocycles. The van der Waals surface area contributed by atoms with E-state index in [0.717, 1.165) is 73.1 Å². The normalized spacial score (nSPS) is 13.5. The molecule has 8 rings (SSSR count). The van der Waals surface area contributed by atoms with Crippen LogP contribution in [0.1, 0.15) is 82.8 Å². The van der Waals surface area contributed by atoms with Gasteiger partial charge in [0.1, 0.15) is 22.8 Å². The van der Waals surface area contributed by atoms with Crippen LogP contribution in [0.25, 0.3) is 17.2 Å². The maximum atomic E-state index is 13.4. The van der Waals surface area contributed by atoms with E-state index in [2.05, 4.69) is 66.7 Å². The molecule has 6 heteroatoms. The van der Waals surface area contributed by atoms with Gasteiger partial charge in [0.15, 0.2) is 0 Å². The second-order valence-corrected chi connectivity index (χ2v) is 15.0. The smallest absolute Gasteiger partial charge is 0.343 e. The number of hydrogen-bond acceptors (Lipinski definition) is 5. The second-order valence-electron chi connectivity index (χ2n) is 15.0. The molecule has 0 fully saturated rings. The van der Waals surface area contributed by atoms with Crippen molar-refractivity contribution in [2.45, 2.75) is 51.4 Å². The van der Waals surface area contributed by atoms with Crippen LogP contribution < -0.4 is 14.2 Å². The second kappa shape index (κ2) is 17.2. The van der Waals surface area contributed by atoms with Gasteiger partial charge in [0.05, 0.1) is 19.8 Å². The van der Waals surface area contributed by atoms with Gasteiger partial charge >= 0.3 is 11.9 Å². The summed E-state index contributed by atoms with van der Waals surface area (Å²) in [6.07, 6.45) is 11.3. The summed E-state index contributed by atoms with van der Waals surface area (Å²) in [6.45, 7) is 0. The van der Waals surface area contributed by atoms with E-state index in [9.17, 15) is 14.7 Å². The zero-order valence-corrected chi connectivity index (χ0v) is 32.9. The number of aromatic carboxylic acids is 1. The molecule has 6 aromatic rings. The molecule has 0 saturated carbocycles. The van der Waals surface area contributed by atoms with E-state index in [0.29, 0.717) is 12.0 Å². The van der Waals surface area contributed by atoms with Gasteiger partial charge in [-0.2, -0.15) is 0 Å². The van der Waals surface area contributed by atoms with Crippen LogP contribution in [-0.2, 0) is 44.9 Å². The molecular formula is C52H46O6. The average Bonchev–Trinajstić information content (AvgIpc) is 3.87. The number of allylic oxidation sites excluding steroid dienone is 3. The van der Waals surface area contributed by atoms with Crippen molar-refractivity contribution in [3.05, 3.63) is 200 Å². The van der Waals surface area contributed by atoms with Gasteiger partial charge in [0, 0.05) is 12.0 Å². The Balaban J connectivity index is 0.934. The van der Waals surface area contributed by atoms with Crippen molar-refractivity contribution in [1.29, 1.82) is 0 Å². The summed E-state index contributed by atoms with van der Waals surface area (Å²) in [5.41, 5.74) is 15.0. The average molecular weight is 767 g/mol. The van der Waals surface area contributed by atoms with Crippen molar-refractivity contribution in [1.82, 2.24) is 0 Å². The number of carbonyl (C=O) groups is 2. The minimum absolute atomic E-state index is 0.0454. The lowest BCUT2D eigenvalue weighted by Gasteiger charge is -2.15. The Bertz CT molecular complexity index is 2560. The molecule has 0 amide bonds. The number of ether oxygens (including phenoxy) is 3. The van der Waals surface area contributed by atoms with Crippen molar-refractivity contribution in [2.75, 3.05) is 14.2 Å². The highest BCUT2D eigenvalue weighted by atomic mass is 16.5. The number of rotatable bonds is 14. The lowest BCUT2D eigenvalue weighted by molar-refractivity contribution is 0.0681. The van der Waals surface area contributed by atoms with Crippen LogP contribution >= 0.6 is 0 Å². The Hall–Kier alpha value is -6.66. The molecule has 0 aromatic heterocycles. The van der Waals surface area contributed by atoms with Crippen LogP contribution in [0.15, 0.2) is 133 Å². The fraction of sp³-hybridized carbons (Fsp3) is 0.192. The van der Waals surface area contributed by atoms with Crippen LogP contribution in [-0.4, -0.2) is 31.3 Å². The molecule has 0 atom stereocenters. The zero-order valence-electron chi connectivity index (χ0n) is 32.9. The third-order valence-corrected chi connectivity index (χ3v) is 11.4. The molecule has 6 nitrogen and oxygen atoms in total. The molecule has 0 radical (unpaired) electrons. The van der Waals surface area contributed by atoms with Gasteiger partial charge in [-0.15, -0.1) is 0 Å². The predicted molar refractivity (Wildman–Crippen MR) is 230 cm³/mol. The fourth-order valence-electron chi connectivity index (χ4n) is 8.50. The van der Waals surface area contributed by atoms with Gasteiger partial charge in [-0.1, -0.05) is 97.1 Å². The van der Waals surface area contributed by atoms with Gasteiger partial charge in [-0.05, 0) is 149 Å². The Kier molecular flexibility index (Phi) is 11.4. The summed E-state index contributed by atoms with van der Waals surface area (Å²) in [5, 5.41) is 9.99. The van der Waals surface area contributed by atoms with Crippen molar-refractivity contribution in [2.24, 2.45) is 0 Å². The number of benzene rings is 6. The third kappa shape index (κ3) is 8.23. The Labute approximate surface area is 340 Å². The summed E-state index contributed by atoms with van der Waals surface area (Å²) in [4.78, 5) is 25.7. The molecule has 0 bridgehead atoms. The molecule has 2 aliphatic carbocycles. The minimum atomic E-state index is -1.15. The zero-order chi connectivity index (χ0) is 40.0. The molecule has 58 heavy (non-hydrogen) atoms. The first-order chi connectivity index (χ1) is 28.4. The number of fused-ring (bicyclic) bond motifs is 2. The molecule has 6 aromatic carbocycles. The van der Waals surface area contributed by atoms with Crippen LogP contribution in [0.4, 0.5) is 0 Å². The first-order valence-corrected chi connectivity index (χ1v) is 19.9. The van der Waals surface area contributed by atoms with Crippen LogP contribution in [0.2, 0.25) is 0 Å². The van der Waals surface area contributed by atoms with Gasteiger partial charge in [-0.3, -0.25) is 0 Å². The minimum Gasteiger partial charge on any atom is -0.496 e. The first-order valence-electron chi connectivity index (χ1n) is 19.9. The molecular weight excluding hydrogens is 721 g/mol. The quantitative estimate of drug-likeness (QED) is 0.0878. The lowest BCUT2D eigenvalue weighted by atomic mass is 9.91. The highest BCUT2D eigenvalue weighted by Gasteiger charge is 2.22. The highest BCUT2D eigenvalue weighted by Crippen LogP contribution is 2.39. The van der Waals surface area contributed by atoms with Crippen LogP contribution in [0.5, 0.6) is 17.2 Å². The van der Waals surface area contributed by atoms with E-state index in [1.54, 1.807) is 32.4 Å². The largest absolute Gasteiger partial charge is 0.496 e. The standard InChI is InChI=1S/C52H46O6/c1-56-46-15-5-3-9-41(46)32-43-28-26-38-13-7-11-36(49(38)43)22-17-34-18-24-40(25-19-34)52(55)58-48-31-35(21-30-45(48)51(53)54)20-23-37-12-8-14-39-27-29-44(50(37)39)33-42-10-4-6-16-47(42)57-2/h3-16,18-19,21,24-25,28,30-31,33H,17,20,22-23,26-27,29,32H2,1-2H3,(H,53,54)/b44-33+. The van der Waals surface area contributed by atoms with E-state index in [1.807, 2.05) is 48.5 Å². The molecule has 0 heterocycles. The van der Waals surface area contributed by atoms with E-state index < -0.39 is 11.9 Å². The fourth-order valence-corrected chi connectivity index (χ4v) is 8.50. The number of carboxylic acids is 1. The van der Waals surface area contributed by atoms with Crippen LogP contribution in [0, 0.1) is 0 Å². The first kappa shape index (κ1) is 38.2. The van der Waals surface area contributed by atoms with Gasteiger partial charge in [0.25, 0.3) is 0 Å². The lowest BCUT2D eigenvalue weighted by Crippen LogP contribution is -2.12. The predicted octanol–water partition coefficient (Wildman–Crippen LogP) is 10.9. The number of methoxy groups -OCH3 is 2. The Morgan fingerprint density at radius 1 is 0.621 bits per heavy atom. The van der Waals surface area contributed by atoms with Crippen molar-refractivity contribution >= 4 is 29.2 Å². The third-order valence-electron chi connectivity index (χ3n) is 11.4. The Morgan fingerprint density at radius 2 is 1.28 bits per heavy atom. The Morgan fingerprint density at radius 3 is 2.03 bits per heavy atom. The molecule has 290 valence electrons. The SMILES string of the molecule is COc1ccccc1/C=C1\CCc2cccc(CCc3ccc(C(=O)O)c(OC(=O)c4ccc(CCc5cccc6c5C(Cc5ccccc5OC)=CC6)cc4)c3)c21. The molecule has 1 N–H and O–H groups in total. The molecule has 0 aliphatic heterocycles. The summed E-state index contributed by atoms with van der Waals surface area (Å²) >= 11 is 0. The summed E-state index contributed by atoms with van der Waals surface area (Å²) in [5.74, 6) is 0.0506. The summed E-state index contributed by atoms with van der Waals surface area (Å²) in [7, 11) is 3.41. The van der Waals surface area contributed by atoms with E-state index in [4.69, 9.17) is 14.2 Å². The van der Waals surface area contributed by atoms with Crippen LogP contribution in [0.3, 0.4) is 0 Å². The van der Waals surface area contributed by atoms with E-state index in [-0.39, 0.29) is 11.3 Å². The summed E-state index contributed by atoms with van der Waals surface area (Å²) < 4.78 is 17.0. The summed E-state index contributed by atoms with van der Waals surface area (Å²) in [6, 6.07) is 41.7. The number of aryl methyl sites for hydroxylation is 5. The number of esters is 1. The molecule has 0 unspecified atom stereocenters. The number of hydrogen-bond donors (Lipinski definition) is 1. The van der Waals surface area contributed by atoms with Crippen molar-refractivity contribution < 1.29 is 28.9 Å². The number of carboxylic acid groups (broad SMARTS) is 1. The maximum Gasteiger partial charge on any atom is 0.343 e. The van der Waals surface area contributed by atoms with E-state index >= 15 is 0 Å². The number of para-hydroxylation sites is 2. The van der Waals surface area contributed by atoms with Crippen molar-refractivity contribution in [3.8, 4) is 17.2 Å². The molecule has 2 aliphatic rings. The van der Waals surface area contributed by atoms with E-state index in [1.165, 1.54) is 56.2 Å². The van der Waals surface area contributed by atoms with Gasteiger partial charge < -0.3 is 19.3 Å². The molecule has 0 spiro atoms. The van der Waals surface area contributed by atoms with Gasteiger partial charge in [0.2, 0.25) is 0 Å². The topological polar surface area (TPSA) is 82.1 Å². The number of carbonyl (C=O) groups excluding carboxylic acids is 1. The monoisotopic (exact) mass is 766 g/mol.